The fourth-order valence-corrected chi connectivity index (χ4v) is 3.27. The van der Waals surface area contributed by atoms with Gasteiger partial charge in [0.2, 0.25) is 0 Å². The van der Waals surface area contributed by atoms with Gasteiger partial charge in [-0.2, -0.15) is 0 Å². The van der Waals surface area contributed by atoms with Gasteiger partial charge in [0.25, 0.3) is 0 Å². The zero-order chi connectivity index (χ0) is 14.4. The van der Waals surface area contributed by atoms with Crippen LogP contribution in [0, 0.1) is 5.82 Å². The fourth-order valence-electron chi connectivity index (χ4n) is 1.48. The van der Waals surface area contributed by atoms with E-state index in [1.165, 1.54) is 23.5 Å². The number of carboxylic acids is 1. The number of ether oxygens (including phenoxy) is 1. The summed E-state index contributed by atoms with van der Waals surface area (Å²) in [5, 5.41) is 10.7. The molecule has 0 fully saturated rings. The Kier molecular flexibility index (Phi) is 5.43. The van der Waals surface area contributed by atoms with Crippen molar-refractivity contribution in [3.05, 3.63) is 46.4 Å². The van der Waals surface area contributed by atoms with Crippen LogP contribution in [0.2, 0.25) is 0 Å². The second-order valence-corrected chi connectivity index (χ2v) is 6.04. The minimum absolute atomic E-state index is 0.278. The van der Waals surface area contributed by atoms with Crippen molar-refractivity contribution in [1.29, 1.82) is 0 Å². The summed E-state index contributed by atoms with van der Waals surface area (Å²) in [6, 6.07) is 7.60. The zero-order valence-corrected chi connectivity index (χ0v) is 12.2. The highest BCUT2D eigenvalue weighted by Crippen LogP contribution is 2.25. The number of aromatic carboxylic acids is 1. The van der Waals surface area contributed by atoms with E-state index in [0.29, 0.717) is 17.2 Å². The quantitative estimate of drug-likeness (QED) is 0.616. The number of hydrogen-bond acceptors (Lipinski definition) is 4. The van der Waals surface area contributed by atoms with Crippen molar-refractivity contribution >= 4 is 29.1 Å². The second-order valence-electron chi connectivity index (χ2n) is 3.96. The van der Waals surface area contributed by atoms with Crippen molar-refractivity contribution in [3.63, 3.8) is 0 Å². The summed E-state index contributed by atoms with van der Waals surface area (Å²) in [6.07, 6.45) is 0.834. The highest BCUT2D eigenvalue weighted by Gasteiger charge is 2.06. The Balaban J connectivity index is 1.66. The first-order valence-electron chi connectivity index (χ1n) is 5.98. The lowest BCUT2D eigenvalue weighted by Crippen LogP contribution is -1.98. The molecule has 0 spiro atoms. The molecule has 1 aromatic heterocycles. The van der Waals surface area contributed by atoms with Gasteiger partial charge in [0.1, 0.15) is 16.4 Å². The predicted octanol–water partition coefficient (Wildman–Crippen LogP) is 4.15. The Morgan fingerprint density at radius 3 is 2.75 bits per heavy atom. The van der Waals surface area contributed by atoms with E-state index >= 15 is 0 Å². The summed E-state index contributed by atoms with van der Waals surface area (Å²) >= 11 is 2.84. The van der Waals surface area contributed by atoms with E-state index in [-0.39, 0.29) is 5.82 Å². The smallest absolute Gasteiger partial charge is 0.345 e. The molecule has 0 amide bonds. The third-order valence-corrected chi connectivity index (χ3v) is 4.56. The number of carbonyl (C=O) groups is 1. The highest BCUT2D eigenvalue weighted by molar-refractivity contribution is 7.99. The molecular weight excluding hydrogens is 299 g/mol. The van der Waals surface area contributed by atoms with Gasteiger partial charge in [0, 0.05) is 16.0 Å². The SMILES string of the molecule is O=C(O)c1cc(SCCCOc2ccc(F)cc2)cs1. The van der Waals surface area contributed by atoms with Crippen LogP contribution in [0.15, 0.2) is 40.6 Å². The Labute approximate surface area is 124 Å². The highest BCUT2D eigenvalue weighted by atomic mass is 32.2. The number of carboxylic acid groups (broad SMARTS) is 1. The van der Waals surface area contributed by atoms with Crippen molar-refractivity contribution in [2.75, 3.05) is 12.4 Å². The van der Waals surface area contributed by atoms with Crippen LogP contribution >= 0.6 is 23.1 Å². The van der Waals surface area contributed by atoms with E-state index in [1.54, 1.807) is 30.0 Å². The maximum absolute atomic E-state index is 12.7. The first-order valence-corrected chi connectivity index (χ1v) is 7.84. The first-order chi connectivity index (χ1) is 9.65. The van der Waals surface area contributed by atoms with Crippen molar-refractivity contribution < 1.29 is 19.0 Å². The Morgan fingerprint density at radius 2 is 2.10 bits per heavy atom. The molecule has 0 aliphatic heterocycles. The Bertz CT molecular complexity index is 566. The van der Waals surface area contributed by atoms with Crippen LogP contribution in [-0.4, -0.2) is 23.4 Å². The standard InChI is InChI=1S/C14H13FO3S2/c15-10-2-4-11(5-3-10)18-6-1-7-19-12-8-13(14(16)17)20-9-12/h2-5,8-9H,1,6-7H2,(H,16,17). The number of halogens is 1. The monoisotopic (exact) mass is 312 g/mol. The lowest BCUT2D eigenvalue weighted by molar-refractivity contribution is 0.0702. The number of rotatable bonds is 7. The van der Waals surface area contributed by atoms with E-state index in [2.05, 4.69) is 0 Å². The number of thioether (sulfide) groups is 1. The predicted molar refractivity (Wildman–Crippen MR) is 78.5 cm³/mol. The molecule has 0 saturated heterocycles. The summed E-state index contributed by atoms with van der Waals surface area (Å²) in [5.41, 5.74) is 0. The summed E-state index contributed by atoms with van der Waals surface area (Å²) in [7, 11) is 0. The summed E-state index contributed by atoms with van der Waals surface area (Å²) < 4.78 is 18.1. The van der Waals surface area contributed by atoms with E-state index in [1.807, 2.05) is 5.38 Å². The molecule has 2 rings (SSSR count). The van der Waals surface area contributed by atoms with Crippen LogP contribution in [-0.2, 0) is 0 Å². The van der Waals surface area contributed by atoms with Crippen molar-refractivity contribution in [2.45, 2.75) is 11.3 Å². The molecule has 2 aromatic rings. The minimum Gasteiger partial charge on any atom is -0.494 e. The lowest BCUT2D eigenvalue weighted by atomic mass is 10.3. The third-order valence-electron chi connectivity index (χ3n) is 2.43. The molecule has 0 atom stereocenters. The van der Waals surface area contributed by atoms with Crippen LogP contribution in [0.1, 0.15) is 16.1 Å². The van der Waals surface area contributed by atoms with Gasteiger partial charge in [-0.05, 0) is 36.8 Å². The van der Waals surface area contributed by atoms with Gasteiger partial charge < -0.3 is 9.84 Å². The van der Waals surface area contributed by atoms with E-state index in [9.17, 15) is 9.18 Å². The van der Waals surface area contributed by atoms with Gasteiger partial charge in [-0.25, -0.2) is 9.18 Å². The van der Waals surface area contributed by atoms with Gasteiger partial charge in [0.15, 0.2) is 0 Å². The molecule has 6 heteroatoms. The average Bonchev–Trinajstić information content (AvgIpc) is 2.89. The molecular formula is C14H13FO3S2. The van der Waals surface area contributed by atoms with E-state index in [4.69, 9.17) is 9.84 Å². The summed E-state index contributed by atoms with van der Waals surface area (Å²) in [6.45, 7) is 0.550. The molecule has 1 aromatic carbocycles. The average molecular weight is 312 g/mol. The zero-order valence-electron chi connectivity index (χ0n) is 10.5. The largest absolute Gasteiger partial charge is 0.494 e. The van der Waals surface area contributed by atoms with Crippen LogP contribution < -0.4 is 4.74 Å². The molecule has 0 unspecified atom stereocenters. The second kappa shape index (κ2) is 7.31. The van der Waals surface area contributed by atoms with Gasteiger partial charge >= 0.3 is 5.97 Å². The van der Waals surface area contributed by atoms with Crippen LogP contribution in [0.5, 0.6) is 5.75 Å². The molecule has 3 nitrogen and oxygen atoms in total. The molecule has 106 valence electrons. The minimum atomic E-state index is -0.888. The lowest BCUT2D eigenvalue weighted by Gasteiger charge is -2.05. The molecule has 0 saturated carbocycles. The third kappa shape index (κ3) is 4.54. The maximum atomic E-state index is 12.7. The Morgan fingerprint density at radius 1 is 1.35 bits per heavy atom. The molecule has 1 N–H and O–H groups in total. The van der Waals surface area contributed by atoms with Gasteiger partial charge in [-0.3, -0.25) is 0 Å². The molecule has 1 heterocycles. The van der Waals surface area contributed by atoms with Crippen molar-refractivity contribution in [1.82, 2.24) is 0 Å². The maximum Gasteiger partial charge on any atom is 0.345 e. The topological polar surface area (TPSA) is 46.5 Å². The first kappa shape index (κ1) is 14.9. The summed E-state index contributed by atoms with van der Waals surface area (Å²) in [4.78, 5) is 12.0. The Hall–Kier alpha value is -1.53. The van der Waals surface area contributed by atoms with Crippen molar-refractivity contribution in [2.24, 2.45) is 0 Å². The molecule has 0 bridgehead atoms. The number of thiophene rings is 1. The van der Waals surface area contributed by atoms with Crippen molar-refractivity contribution in [3.8, 4) is 5.75 Å². The number of benzene rings is 1. The van der Waals surface area contributed by atoms with Crippen LogP contribution in [0.25, 0.3) is 0 Å². The molecule has 20 heavy (non-hydrogen) atoms. The molecule has 0 aliphatic carbocycles. The van der Waals surface area contributed by atoms with Crippen LogP contribution in [0.4, 0.5) is 4.39 Å². The van der Waals surface area contributed by atoms with Gasteiger partial charge in [-0.15, -0.1) is 23.1 Å². The number of hydrogen-bond donors (Lipinski definition) is 1. The van der Waals surface area contributed by atoms with E-state index < -0.39 is 5.97 Å². The molecule has 0 aliphatic rings. The van der Waals surface area contributed by atoms with Gasteiger partial charge in [0.05, 0.1) is 6.61 Å². The normalized spacial score (nSPS) is 10.4. The van der Waals surface area contributed by atoms with E-state index in [0.717, 1.165) is 17.1 Å². The van der Waals surface area contributed by atoms with Crippen LogP contribution in [0.3, 0.4) is 0 Å². The fraction of sp³-hybridized carbons (Fsp3) is 0.214. The molecule has 0 radical (unpaired) electrons. The van der Waals surface area contributed by atoms with Gasteiger partial charge in [-0.1, -0.05) is 0 Å². The summed E-state index contributed by atoms with van der Waals surface area (Å²) in [5.74, 6) is 0.331.